The normalized spacial score (nSPS) is 11.0. The third-order valence-electron chi connectivity index (χ3n) is 2.23. The molecule has 74 valence electrons. The summed E-state index contributed by atoms with van der Waals surface area (Å²) >= 11 is 3.41. The Bertz CT molecular complexity index is 436. The summed E-state index contributed by atoms with van der Waals surface area (Å²) in [4.78, 5) is 4.17. The van der Waals surface area contributed by atoms with Gasteiger partial charge in [-0.1, -0.05) is 0 Å². The predicted molar refractivity (Wildman–Crippen MR) is 60.3 cm³/mol. The topological polar surface area (TPSA) is 43.3 Å². The Labute approximate surface area is 91.1 Å². The molecular weight excluding hydrogens is 242 g/mol. The van der Waals surface area contributed by atoms with Crippen molar-refractivity contribution in [3.63, 3.8) is 0 Å². The van der Waals surface area contributed by atoms with Crippen LogP contribution in [0.4, 0.5) is 0 Å². The fourth-order valence-electron chi connectivity index (χ4n) is 1.46. The van der Waals surface area contributed by atoms with E-state index in [-0.39, 0.29) is 0 Å². The largest absolute Gasteiger partial charge is 0.330 e. The minimum Gasteiger partial charge on any atom is -0.330 e. The molecule has 2 aromatic rings. The fourth-order valence-corrected chi connectivity index (χ4v) is 1.87. The number of fused-ring (bicyclic) bond motifs is 1. The van der Waals surface area contributed by atoms with Crippen LogP contribution in [0.25, 0.3) is 5.52 Å². The van der Waals surface area contributed by atoms with Crippen molar-refractivity contribution in [3.8, 4) is 0 Å². The summed E-state index contributed by atoms with van der Waals surface area (Å²) in [5.41, 5.74) is 7.89. The average molecular weight is 254 g/mol. The number of aromatic nitrogens is 2. The van der Waals surface area contributed by atoms with Gasteiger partial charge in [-0.15, -0.1) is 0 Å². The highest BCUT2D eigenvalue weighted by atomic mass is 79.9. The highest BCUT2D eigenvalue weighted by molar-refractivity contribution is 9.10. The lowest BCUT2D eigenvalue weighted by atomic mass is 10.1. The molecule has 0 unspecified atom stereocenters. The molecule has 0 aliphatic heterocycles. The molecule has 0 aliphatic rings. The van der Waals surface area contributed by atoms with E-state index in [9.17, 15) is 0 Å². The first kappa shape index (κ1) is 9.68. The number of pyridine rings is 1. The van der Waals surface area contributed by atoms with Gasteiger partial charge in [0.05, 0.1) is 5.52 Å². The van der Waals surface area contributed by atoms with Gasteiger partial charge in [0.1, 0.15) is 10.9 Å². The molecule has 0 bridgehead atoms. The third-order valence-corrected chi connectivity index (χ3v) is 2.84. The van der Waals surface area contributed by atoms with Gasteiger partial charge in [-0.2, -0.15) is 0 Å². The van der Waals surface area contributed by atoms with Gasteiger partial charge in [-0.25, -0.2) is 4.98 Å². The van der Waals surface area contributed by atoms with Crippen molar-refractivity contribution in [1.29, 1.82) is 0 Å². The van der Waals surface area contributed by atoms with Crippen LogP contribution in [0.15, 0.2) is 29.3 Å². The quantitative estimate of drug-likeness (QED) is 0.910. The number of halogens is 1. The van der Waals surface area contributed by atoms with E-state index in [1.54, 1.807) is 6.33 Å². The van der Waals surface area contributed by atoms with Crippen molar-refractivity contribution in [3.05, 3.63) is 34.8 Å². The zero-order chi connectivity index (χ0) is 9.97. The van der Waals surface area contributed by atoms with Crippen LogP contribution in [-0.2, 0) is 6.42 Å². The highest BCUT2D eigenvalue weighted by Gasteiger charge is 2.01. The third kappa shape index (κ3) is 1.81. The van der Waals surface area contributed by atoms with Gasteiger partial charge in [0, 0.05) is 6.20 Å². The summed E-state index contributed by atoms with van der Waals surface area (Å²) < 4.78 is 2.89. The molecule has 0 fully saturated rings. The molecule has 0 saturated heterocycles. The molecule has 2 N–H and O–H groups in total. The summed E-state index contributed by atoms with van der Waals surface area (Å²) in [6.07, 6.45) is 5.89. The number of rotatable bonds is 3. The Balaban J connectivity index is 2.34. The minimum absolute atomic E-state index is 0.742. The Morgan fingerprint density at radius 3 is 3.14 bits per heavy atom. The van der Waals surface area contributed by atoms with Gasteiger partial charge >= 0.3 is 0 Å². The molecule has 0 radical (unpaired) electrons. The van der Waals surface area contributed by atoms with Crippen LogP contribution in [-0.4, -0.2) is 15.9 Å². The number of aryl methyl sites for hydroxylation is 1. The van der Waals surface area contributed by atoms with E-state index in [0.717, 1.165) is 29.5 Å². The zero-order valence-corrected chi connectivity index (χ0v) is 9.37. The summed E-state index contributed by atoms with van der Waals surface area (Å²) in [6, 6.07) is 4.25. The lowest BCUT2D eigenvalue weighted by Crippen LogP contribution is -2.00. The maximum Gasteiger partial charge on any atom is 0.131 e. The molecule has 2 aromatic heterocycles. The Morgan fingerprint density at radius 2 is 2.36 bits per heavy atom. The summed E-state index contributed by atoms with van der Waals surface area (Å²) in [5.74, 6) is 0. The average Bonchev–Trinajstić information content (AvgIpc) is 2.57. The molecule has 4 heteroatoms. The van der Waals surface area contributed by atoms with E-state index >= 15 is 0 Å². The molecule has 3 nitrogen and oxygen atoms in total. The van der Waals surface area contributed by atoms with Crippen LogP contribution < -0.4 is 5.73 Å². The monoisotopic (exact) mass is 253 g/mol. The Morgan fingerprint density at radius 1 is 1.50 bits per heavy atom. The minimum atomic E-state index is 0.742. The van der Waals surface area contributed by atoms with Crippen LogP contribution in [0.5, 0.6) is 0 Å². The molecule has 0 aliphatic carbocycles. The van der Waals surface area contributed by atoms with Crippen LogP contribution in [0.1, 0.15) is 12.0 Å². The number of hydrogen-bond acceptors (Lipinski definition) is 2. The smallest absolute Gasteiger partial charge is 0.131 e. The second kappa shape index (κ2) is 4.11. The molecular formula is C10H12BrN3. The second-order valence-corrected chi connectivity index (χ2v) is 4.01. The summed E-state index contributed by atoms with van der Waals surface area (Å²) in [7, 11) is 0. The van der Waals surface area contributed by atoms with Crippen LogP contribution in [0.2, 0.25) is 0 Å². The number of nitrogens with zero attached hydrogens (tertiary/aromatic N) is 2. The molecule has 2 heterocycles. The molecule has 0 aromatic carbocycles. The van der Waals surface area contributed by atoms with Gasteiger partial charge in [0.15, 0.2) is 0 Å². The predicted octanol–water partition coefficient (Wildman–Crippen LogP) is 1.99. The Hall–Kier alpha value is -0.870. The van der Waals surface area contributed by atoms with Crippen molar-refractivity contribution in [2.24, 2.45) is 5.73 Å². The maximum atomic E-state index is 5.47. The van der Waals surface area contributed by atoms with Gasteiger partial charge in [-0.05, 0) is 53.0 Å². The lowest BCUT2D eigenvalue weighted by Gasteiger charge is -2.00. The standard InChI is InChI=1S/C10H12BrN3/c11-10-9-6-8(2-1-4-12)3-5-14(9)7-13-10/h3,5-7H,1-2,4,12H2. The van der Waals surface area contributed by atoms with Gasteiger partial charge < -0.3 is 10.1 Å². The molecule has 2 rings (SSSR count). The first-order valence-electron chi connectivity index (χ1n) is 4.62. The van der Waals surface area contributed by atoms with Crippen molar-refractivity contribution >= 4 is 21.4 Å². The van der Waals surface area contributed by atoms with Gasteiger partial charge in [-0.3, -0.25) is 0 Å². The van der Waals surface area contributed by atoms with Crippen molar-refractivity contribution < 1.29 is 0 Å². The SMILES string of the molecule is NCCCc1ccn2cnc(Br)c2c1. The molecule has 14 heavy (non-hydrogen) atoms. The van der Waals surface area contributed by atoms with Crippen molar-refractivity contribution in [2.75, 3.05) is 6.54 Å². The van der Waals surface area contributed by atoms with Crippen molar-refractivity contribution in [2.45, 2.75) is 12.8 Å². The number of hydrogen-bond donors (Lipinski definition) is 1. The molecule has 0 spiro atoms. The van der Waals surface area contributed by atoms with Gasteiger partial charge in [0.25, 0.3) is 0 Å². The molecule has 0 saturated carbocycles. The molecule has 0 amide bonds. The van der Waals surface area contributed by atoms with E-state index in [2.05, 4.69) is 33.0 Å². The summed E-state index contributed by atoms with van der Waals surface area (Å²) in [6.45, 7) is 0.742. The lowest BCUT2D eigenvalue weighted by molar-refractivity contribution is 0.831. The summed E-state index contributed by atoms with van der Waals surface area (Å²) in [5, 5.41) is 0. The van der Waals surface area contributed by atoms with E-state index in [1.165, 1.54) is 5.56 Å². The van der Waals surface area contributed by atoms with Crippen LogP contribution >= 0.6 is 15.9 Å². The Kier molecular flexibility index (Phi) is 2.84. The highest BCUT2D eigenvalue weighted by Crippen LogP contribution is 2.17. The first-order valence-corrected chi connectivity index (χ1v) is 5.41. The van der Waals surface area contributed by atoms with E-state index in [0.29, 0.717) is 0 Å². The first-order chi connectivity index (χ1) is 6.81. The van der Waals surface area contributed by atoms with Gasteiger partial charge in [0.2, 0.25) is 0 Å². The second-order valence-electron chi connectivity index (χ2n) is 3.26. The van der Waals surface area contributed by atoms with Crippen molar-refractivity contribution in [1.82, 2.24) is 9.38 Å². The van der Waals surface area contributed by atoms with Crippen LogP contribution in [0, 0.1) is 0 Å². The van der Waals surface area contributed by atoms with E-state index in [4.69, 9.17) is 5.73 Å². The fraction of sp³-hybridized carbons (Fsp3) is 0.300. The number of imidazole rings is 1. The van der Waals surface area contributed by atoms with Crippen LogP contribution in [0.3, 0.4) is 0 Å². The maximum absolute atomic E-state index is 5.47. The zero-order valence-electron chi connectivity index (χ0n) is 7.78. The number of nitrogens with two attached hydrogens (primary N) is 1. The van der Waals surface area contributed by atoms with E-state index < -0.39 is 0 Å². The molecule has 0 atom stereocenters. The van der Waals surface area contributed by atoms with E-state index in [1.807, 2.05) is 10.6 Å².